The number of carbonyl (C=O) groups excluding carboxylic acids is 2. The molecule has 36 heavy (non-hydrogen) atoms. The van der Waals surface area contributed by atoms with Crippen LogP contribution in [0.5, 0.6) is 6.01 Å². The largest absolute Gasteiger partial charge is 0.467 e. The molecule has 0 bridgehead atoms. The van der Waals surface area contributed by atoms with E-state index >= 15 is 0 Å². The first-order valence-corrected chi connectivity index (χ1v) is 12.0. The molecule has 1 spiro atoms. The maximum Gasteiger partial charge on any atom is 0.318 e. The second-order valence-electron chi connectivity index (χ2n) is 9.42. The lowest BCUT2D eigenvalue weighted by molar-refractivity contribution is -0.128. The molecule has 2 aromatic rings. The van der Waals surface area contributed by atoms with Crippen LogP contribution in [0.2, 0.25) is 0 Å². The number of amides is 2. The minimum absolute atomic E-state index is 0.151. The Hall–Kier alpha value is -4.00. The number of aromatic nitrogens is 2. The third-order valence-electron chi connectivity index (χ3n) is 7.47. The van der Waals surface area contributed by atoms with Crippen LogP contribution in [0.3, 0.4) is 0 Å². The van der Waals surface area contributed by atoms with Crippen molar-refractivity contribution < 1.29 is 18.7 Å². The molecule has 2 atom stereocenters. The van der Waals surface area contributed by atoms with Crippen LogP contribution in [0.4, 0.5) is 15.9 Å². The van der Waals surface area contributed by atoms with Gasteiger partial charge in [-0.3, -0.25) is 9.59 Å². The summed E-state index contributed by atoms with van der Waals surface area (Å²) in [5, 5.41) is 12.4. The average molecular weight is 491 g/mol. The van der Waals surface area contributed by atoms with E-state index in [0.717, 1.165) is 18.4 Å². The fourth-order valence-electron chi connectivity index (χ4n) is 5.73. The van der Waals surface area contributed by atoms with E-state index in [0.29, 0.717) is 55.2 Å². The van der Waals surface area contributed by atoms with Crippen LogP contribution in [0.25, 0.3) is 0 Å². The van der Waals surface area contributed by atoms with E-state index in [1.54, 1.807) is 11.0 Å². The predicted molar refractivity (Wildman–Crippen MR) is 130 cm³/mol. The summed E-state index contributed by atoms with van der Waals surface area (Å²) < 4.78 is 19.7. The molecular formula is C26H27FN6O3. The topological polar surface area (TPSA) is 111 Å². The third kappa shape index (κ3) is 3.85. The van der Waals surface area contributed by atoms with E-state index in [4.69, 9.17) is 4.74 Å². The van der Waals surface area contributed by atoms with Crippen LogP contribution in [0.15, 0.2) is 30.9 Å². The summed E-state index contributed by atoms with van der Waals surface area (Å²) in [6, 6.07) is 6.62. The first-order chi connectivity index (χ1) is 17.4. The lowest BCUT2D eigenvalue weighted by Gasteiger charge is -2.44. The van der Waals surface area contributed by atoms with E-state index in [1.807, 2.05) is 4.90 Å². The van der Waals surface area contributed by atoms with Crippen LogP contribution < -0.4 is 15.0 Å². The Labute approximate surface area is 208 Å². The maximum atomic E-state index is 14.3. The van der Waals surface area contributed by atoms with Crippen LogP contribution in [0, 0.1) is 17.1 Å². The lowest BCUT2D eigenvalue weighted by atomic mass is 9.65. The quantitative estimate of drug-likeness (QED) is 0.656. The van der Waals surface area contributed by atoms with Crippen LogP contribution in [-0.4, -0.2) is 59.5 Å². The number of hydrogen-bond acceptors (Lipinski definition) is 7. The molecule has 5 rings (SSSR count). The average Bonchev–Trinajstić information content (AvgIpc) is 2.89. The van der Waals surface area contributed by atoms with Gasteiger partial charge in [0.2, 0.25) is 11.8 Å². The molecule has 0 saturated carbocycles. The highest BCUT2D eigenvalue weighted by Gasteiger charge is 2.48. The molecule has 1 aliphatic carbocycles. The molecule has 0 radical (unpaired) electrons. The Morgan fingerprint density at radius 1 is 1.42 bits per heavy atom. The fourth-order valence-corrected chi connectivity index (χ4v) is 5.73. The molecule has 1 aromatic heterocycles. The highest BCUT2D eigenvalue weighted by atomic mass is 19.1. The summed E-state index contributed by atoms with van der Waals surface area (Å²) >= 11 is 0. The Balaban J connectivity index is 1.55. The number of nitrogens with zero attached hydrogens (tertiary/aromatic N) is 5. The van der Waals surface area contributed by atoms with Crippen molar-refractivity contribution in [2.24, 2.45) is 0 Å². The predicted octanol–water partition coefficient (Wildman–Crippen LogP) is 2.51. The molecule has 1 saturated heterocycles. The van der Waals surface area contributed by atoms with Gasteiger partial charge in [0.15, 0.2) is 5.82 Å². The summed E-state index contributed by atoms with van der Waals surface area (Å²) in [4.78, 5) is 38.7. The van der Waals surface area contributed by atoms with Crippen LogP contribution >= 0.6 is 0 Å². The second kappa shape index (κ2) is 9.22. The summed E-state index contributed by atoms with van der Waals surface area (Å²) in [6.45, 7) is 4.74. The van der Waals surface area contributed by atoms with E-state index in [9.17, 15) is 19.2 Å². The van der Waals surface area contributed by atoms with Crippen LogP contribution in [-0.2, 0) is 27.8 Å². The summed E-state index contributed by atoms with van der Waals surface area (Å²) in [7, 11) is 1.48. The third-order valence-corrected chi connectivity index (χ3v) is 7.47. The zero-order valence-corrected chi connectivity index (χ0v) is 20.1. The molecule has 1 aromatic carbocycles. The van der Waals surface area contributed by atoms with Gasteiger partial charge in [-0.15, -0.1) is 0 Å². The Morgan fingerprint density at radius 3 is 3.00 bits per heavy atom. The number of hydrogen-bond donors (Lipinski definition) is 1. The summed E-state index contributed by atoms with van der Waals surface area (Å²) in [5.41, 5.74) is 1.88. The number of piperazine rings is 1. The highest BCUT2D eigenvalue weighted by Crippen LogP contribution is 2.46. The number of ether oxygens (including phenoxy) is 1. The standard InChI is InChI=1S/C26H27FN6O3/c1-3-21(34)33-12-11-32(15-18(33)8-10-28)23-22-20(29-25(31-23)36-2)14-26(24(35)30-22)9-4-5-16-6-7-17(27)13-19(16)26/h3,6-7,13,18H,1,4-5,8-9,11-12,14-15H2,2H3,(H,30,35). The fraction of sp³-hybridized carbons (Fsp3) is 0.423. The second-order valence-corrected chi connectivity index (χ2v) is 9.42. The number of carbonyl (C=O) groups is 2. The molecular weight excluding hydrogens is 463 g/mol. The van der Waals surface area contributed by atoms with Gasteiger partial charge < -0.3 is 19.9 Å². The van der Waals surface area contributed by atoms with E-state index in [-0.39, 0.29) is 36.1 Å². The van der Waals surface area contributed by atoms with Crippen molar-refractivity contribution in [1.29, 1.82) is 5.26 Å². The van der Waals surface area contributed by atoms with Crippen molar-refractivity contribution in [3.63, 3.8) is 0 Å². The normalized spacial score (nSPS) is 22.8. The monoisotopic (exact) mass is 490 g/mol. The van der Waals surface area contributed by atoms with E-state index in [1.165, 1.54) is 25.3 Å². The Bertz CT molecular complexity index is 1290. The number of nitrogens with one attached hydrogen (secondary N) is 1. The number of nitriles is 1. The smallest absolute Gasteiger partial charge is 0.318 e. The molecule has 3 aliphatic rings. The zero-order chi connectivity index (χ0) is 25.4. The van der Waals surface area contributed by atoms with Crippen molar-refractivity contribution in [2.75, 3.05) is 37.0 Å². The van der Waals surface area contributed by atoms with Gasteiger partial charge >= 0.3 is 6.01 Å². The first kappa shape index (κ1) is 23.7. The molecule has 10 heteroatoms. The van der Waals surface area contributed by atoms with Gasteiger partial charge in [0.1, 0.15) is 11.5 Å². The minimum Gasteiger partial charge on any atom is -0.467 e. The molecule has 1 N–H and O–H groups in total. The highest BCUT2D eigenvalue weighted by molar-refractivity contribution is 6.04. The van der Waals surface area contributed by atoms with Gasteiger partial charge in [-0.05, 0) is 48.6 Å². The first-order valence-electron chi connectivity index (χ1n) is 12.0. The van der Waals surface area contributed by atoms with Gasteiger partial charge in [-0.25, -0.2) is 4.39 Å². The molecule has 1 fully saturated rings. The summed E-state index contributed by atoms with van der Waals surface area (Å²) in [6.07, 6.45) is 3.89. The molecule has 2 amide bonds. The van der Waals surface area contributed by atoms with Crippen molar-refractivity contribution in [3.8, 4) is 12.1 Å². The number of benzene rings is 1. The lowest BCUT2D eigenvalue weighted by Crippen LogP contribution is -2.55. The number of halogens is 1. The summed E-state index contributed by atoms with van der Waals surface area (Å²) in [5.74, 6) is -0.310. The molecule has 3 heterocycles. The van der Waals surface area contributed by atoms with E-state index in [2.05, 4.69) is 27.9 Å². The SMILES string of the molecule is C=CC(=O)N1CCN(c2nc(OC)nc3c2NC(=O)C2(CCCc4ccc(F)cc42)C3)CC1CC#N. The van der Waals surface area contributed by atoms with Crippen LogP contribution in [0.1, 0.15) is 36.1 Å². The van der Waals surface area contributed by atoms with Gasteiger partial charge in [0.25, 0.3) is 0 Å². The minimum atomic E-state index is -0.919. The van der Waals surface area contributed by atoms with Crippen molar-refractivity contribution >= 4 is 23.3 Å². The van der Waals surface area contributed by atoms with Gasteiger partial charge in [0.05, 0.1) is 36.8 Å². The van der Waals surface area contributed by atoms with Crippen molar-refractivity contribution in [3.05, 3.63) is 53.5 Å². The number of methoxy groups -OCH3 is 1. The van der Waals surface area contributed by atoms with Gasteiger partial charge in [0, 0.05) is 26.1 Å². The Kier molecular flexibility index (Phi) is 6.08. The molecule has 186 valence electrons. The maximum absolute atomic E-state index is 14.3. The van der Waals surface area contributed by atoms with E-state index < -0.39 is 5.41 Å². The number of aryl methyl sites for hydroxylation is 1. The zero-order valence-electron chi connectivity index (χ0n) is 20.1. The van der Waals surface area contributed by atoms with Crippen molar-refractivity contribution in [1.82, 2.24) is 14.9 Å². The van der Waals surface area contributed by atoms with Gasteiger partial charge in [-0.1, -0.05) is 12.6 Å². The molecule has 2 aliphatic heterocycles. The van der Waals surface area contributed by atoms with Gasteiger partial charge in [-0.2, -0.15) is 15.2 Å². The number of fused-ring (bicyclic) bond motifs is 3. The van der Waals surface area contributed by atoms with Crippen molar-refractivity contribution in [2.45, 2.75) is 43.6 Å². The molecule has 2 unspecified atom stereocenters. The number of anilines is 2. The number of rotatable bonds is 4. The molecule has 9 nitrogen and oxygen atoms in total. The Morgan fingerprint density at radius 2 is 2.25 bits per heavy atom.